The minimum absolute atomic E-state index is 0.278. The van der Waals surface area contributed by atoms with Crippen molar-refractivity contribution in [1.29, 1.82) is 0 Å². The van der Waals surface area contributed by atoms with Crippen molar-refractivity contribution in [1.82, 2.24) is 15.0 Å². The van der Waals surface area contributed by atoms with E-state index < -0.39 is 0 Å². The number of thiazole rings is 1. The van der Waals surface area contributed by atoms with Gasteiger partial charge in [0.2, 0.25) is 5.95 Å². The molecule has 12 heavy (non-hydrogen) atoms. The largest absolute Gasteiger partial charge is 0.368 e. The first kappa shape index (κ1) is 7.17. The van der Waals surface area contributed by atoms with Crippen LogP contribution in [0.3, 0.4) is 0 Å². The highest BCUT2D eigenvalue weighted by atomic mass is 32.1. The molecule has 0 radical (unpaired) electrons. The lowest BCUT2D eigenvalue weighted by Crippen LogP contribution is -1.94. The van der Waals surface area contributed by atoms with E-state index in [1.807, 2.05) is 5.38 Å². The molecule has 5 heteroatoms. The van der Waals surface area contributed by atoms with Crippen molar-refractivity contribution in [3.8, 4) is 11.4 Å². The Morgan fingerprint density at radius 3 is 2.83 bits per heavy atom. The molecule has 0 saturated carbocycles. The van der Waals surface area contributed by atoms with Gasteiger partial charge < -0.3 is 5.73 Å². The maximum absolute atomic E-state index is 5.42. The highest BCUT2D eigenvalue weighted by Crippen LogP contribution is 2.15. The van der Waals surface area contributed by atoms with Gasteiger partial charge in [-0.1, -0.05) is 0 Å². The van der Waals surface area contributed by atoms with Crippen LogP contribution in [0.5, 0.6) is 0 Å². The highest BCUT2D eigenvalue weighted by molar-refractivity contribution is 7.07. The number of hydrogen-bond acceptors (Lipinski definition) is 5. The second-order valence-corrected chi connectivity index (χ2v) is 2.89. The molecule has 2 N–H and O–H groups in total. The Hall–Kier alpha value is -1.49. The number of nitrogens with zero attached hydrogens (tertiary/aromatic N) is 3. The number of aromatic nitrogens is 3. The summed E-state index contributed by atoms with van der Waals surface area (Å²) in [6.45, 7) is 0. The predicted molar refractivity (Wildman–Crippen MR) is 47.6 cm³/mol. The van der Waals surface area contributed by atoms with Crippen molar-refractivity contribution in [2.75, 3.05) is 5.73 Å². The molecular formula is C7H6N4S. The molecule has 0 aliphatic carbocycles. The molecule has 0 fully saturated rings. The molecule has 2 aromatic heterocycles. The summed E-state index contributed by atoms with van der Waals surface area (Å²) in [5.74, 6) is 0.278. The molecule has 2 heterocycles. The van der Waals surface area contributed by atoms with Crippen LogP contribution in [0.25, 0.3) is 11.4 Å². The van der Waals surface area contributed by atoms with E-state index in [0.29, 0.717) is 0 Å². The Labute approximate surface area is 73.1 Å². The molecule has 0 aliphatic rings. The van der Waals surface area contributed by atoms with Gasteiger partial charge in [0.1, 0.15) is 0 Å². The second kappa shape index (κ2) is 2.86. The van der Waals surface area contributed by atoms with Gasteiger partial charge in [0.05, 0.1) is 16.9 Å². The topological polar surface area (TPSA) is 64.7 Å². The van der Waals surface area contributed by atoms with E-state index in [2.05, 4.69) is 15.0 Å². The van der Waals surface area contributed by atoms with Crippen molar-refractivity contribution >= 4 is 17.3 Å². The van der Waals surface area contributed by atoms with Crippen LogP contribution in [-0.4, -0.2) is 15.0 Å². The van der Waals surface area contributed by atoms with E-state index >= 15 is 0 Å². The zero-order valence-electron chi connectivity index (χ0n) is 6.14. The lowest BCUT2D eigenvalue weighted by molar-refractivity contribution is 1.18. The lowest BCUT2D eigenvalue weighted by atomic mass is 10.3. The highest BCUT2D eigenvalue weighted by Gasteiger charge is 2.00. The average Bonchev–Trinajstić information content (AvgIpc) is 2.56. The van der Waals surface area contributed by atoms with Crippen molar-refractivity contribution in [2.24, 2.45) is 0 Å². The molecular weight excluding hydrogens is 172 g/mol. The number of anilines is 1. The smallest absolute Gasteiger partial charge is 0.220 e. The SMILES string of the molecule is Nc1nccc(-c2cscn2)n1. The third kappa shape index (κ3) is 1.26. The summed E-state index contributed by atoms with van der Waals surface area (Å²) >= 11 is 1.53. The third-order valence-electron chi connectivity index (χ3n) is 1.37. The summed E-state index contributed by atoms with van der Waals surface area (Å²) in [6.07, 6.45) is 1.62. The van der Waals surface area contributed by atoms with E-state index in [9.17, 15) is 0 Å². The third-order valence-corrected chi connectivity index (χ3v) is 1.96. The molecule has 0 spiro atoms. The van der Waals surface area contributed by atoms with E-state index in [1.165, 1.54) is 11.3 Å². The number of hydrogen-bond donors (Lipinski definition) is 1. The molecule has 2 rings (SSSR count). The molecule has 60 valence electrons. The monoisotopic (exact) mass is 178 g/mol. The lowest BCUT2D eigenvalue weighted by Gasteiger charge is -1.94. The van der Waals surface area contributed by atoms with Crippen molar-refractivity contribution in [2.45, 2.75) is 0 Å². The first-order valence-electron chi connectivity index (χ1n) is 3.33. The molecule has 0 atom stereocenters. The summed E-state index contributed by atoms with van der Waals surface area (Å²) in [7, 11) is 0. The summed E-state index contributed by atoms with van der Waals surface area (Å²) in [4.78, 5) is 11.9. The first-order valence-corrected chi connectivity index (χ1v) is 4.27. The van der Waals surface area contributed by atoms with Gasteiger partial charge in [0.25, 0.3) is 0 Å². The van der Waals surface area contributed by atoms with Gasteiger partial charge in [0, 0.05) is 11.6 Å². The molecule has 0 saturated heterocycles. The van der Waals surface area contributed by atoms with Crippen LogP contribution in [0.4, 0.5) is 5.95 Å². The van der Waals surface area contributed by atoms with Crippen LogP contribution in [0.15, 0.2) is 23.2 Å². The summed E-state index contributed by atoms with van der Waals surface area (Å²) in [5, 5.41) is 1.92. The molecule has 0 amide bonds. The Morgan fingerprint density at radius 2 is 2.17 bits per heavy atom. The number of rotatable bonds is 1. The predicted octanol–water partition coefficient (Wildman–Crippen LogP) is 1.18. The zero-order chi connectivity index (χ0) is 8.39. The second-order valence-electron chi connectivity index (χ2n) is 2.17. The van der Waals surface area contributed by atoms with Gasteiger partial charge in [-0.2, -0.15) is 0 Å². The Kier molecular flexibility index (Phi) is 1.71. The van der Waals surface area contributed by atoms with Gasteiger partial charge >= 0.3 is 0 Å². The van der Waals surface area contributed by atoms with Crippen LogP contribution in [0, 0.1) is 0 Å². The Morgan fingerprint density at radius 1 is 1.25 bits per heavy atom. The van der Waals surface area contributed by atoms with Gasteiger partial charge in [-0.15, -0.1) is 11.3 Å². The Balaban J connectivity index is 2.48. The van der Waals surface area contributed by atoms with Crippen molar-refractivity contribution in [3.05, 3.63) is 23.2 Å². The van der Waals surface area contributed by atoms with Crippen LogP contribution in [-0.2, 0) is 0 Å². The minimum atomic E-state index is 0.278. The van der Waals surface area contributed by atoms with Crippen LogP contribution in [0.1, 0.15) is 0 Å². The van der Waals surface area contributed by atoms with E-state index in [1.54, 1.807) is 17.8 Å². The normalized spacial score (nSPS) is 10.0. The van der Waals surface area contributed by atoms with E-state index in [0.717, 1.165) is 11.4 Å². The maximum atomic E-state index is 5.42. The van der Waals surface area contributed by atoms with Crippen LogP contribution in [0.2, 0.25) is 0 Å². The average molecular weight is 178 g/mol. The van der Waals surface area contributed by atoms with E-state index in [4.69, 9.17) is 5.73 Å². The fourth-order valence-electron chi connectivity index (χ4n) is 0.855. The van der Waals surface area contributed by atoms with Gasteiger partial charge in [-0.25, -0.2) is 15.0 Å². The first-order chi connectivity index (χ1) is 5.86. The standard InChI is InChI=1S/C7H6N4S/c8-7-9-2-1-5(11-7)6-3-12-4-10-6/h1-4H,(H2,8,9,11). The van der Waals surface area contributed by atoms with Gasteiger partial charge in [-0.3, -0.25) is 0 Å². The molecule has 0 bridgehead atoms. The summed E-state index contributed by atoms with van der Waals surface area (Å²) in [6, 6.07) is 1.78. The minimum Gasteiger partial charge on any atom is -0.368 e. The van der Waals surface area contributed by atoms with Crippen molar-refractivity contribution in [3.63, 3.8) is 0 Å². The van der Waals surface area contributed by atoms with Gasteiger partial charge in [-0.05, 0) is 6.07 Å². The fourth-order valence-corrected chi connectivity index (χ4v) is 1.40. The zero-order valence-corrected chi connectivity index (χ0v) is 6.95. The van der Waals surface area contributed by atoms with E-state index in [-0.39, 0.29) is 5.95 Å². The molecule has 0 aromatic carbocycles. The summed E-state index contributed by atoms with van der Waals surface area (Å²) in [5.41, 5.74) is 8.78. The fraction of sp³-hybridized carbons (Fsp3) is 0. The molecule has 0 unspecified atom stereocenters. The van der Waals surface area contributed by atoms with Gasteiger partial charge in [0.15, 0.2) is 0 Å². The molecule has 4 nitrogen and oxygen atoms in total. The maximum Gasteiger partial charge on any atom is 0.220 e. The van der Waals surface area contributed by atoms with Crippen LogP contribution >= 0.6 is 11.3 Å². The molecule has 2 aromatic rings. The Bertz CT molecular complexity index is 371. The number of nitrogen functional groups attached to an aromatic ring is 1. The number of nitrogens with two attached hydrogens (primary N) is 1. The quantitative estimate of drug-likeness (QED) is 0.712. The summed E-state index contributed by atoms with van der Waals surface area (Å²) < 4.78 is 0. The van der Waals surface area contributed by atoms with Crippen LogP contribution < -0.4 is 5.73 Å². The molecule has 0 aliphatic heterocycles. The van der Waals surface area contributed by atoms with Crippen molar-refractivity contribution < 1.29 is 0 Å².